The van der Waals surface area contributed by atoms with Crippen molar-refractivity contribution in [3.05, 3.63) is 0 Å². The van der Waals surface area contributed by atoms with Gasteiger partial charge < -0.3 is 0 Å². The summed E-state index contributed by atoms with van der Waals surface area (Å²) in [4.78, 5) is 24.3. The van der Waals surface area contributed by atoms with E-state index in [1.807, 2.05) is 0 Å². The second kappa shape index (κ2) is 3.40. The third kappa shape index (κ3) is 1.52. The highest BCUT2D eigenvalue weighted by Gasteiger charge is 2.58. The van der Waals surface area contributed by atoms with Crippen molar-refractivity contribution in [2.45, 2.75) is 19.3 Å². The first-order valence-corrected chi connectivity index (χ1v) is 5.79. The summed E-state index contributed by atoms with van der Waals surface area (Å²) in [5.74, 6) is 0.280. The minimum atomic E-state index is 0.0662. The molecule has 13 heavy (non-hydrogen) atoms. The van der Waals surface area contributed by atoms with Crippen LogP contribution >= 0.6 is 15.9 Å². The molecule has 1 aliphatic heterocycles. The monoisotopic (exact) mass is 245 g/mol. The molecule has 2 amide bonds. The molecule has 0 aromatic heterocycles. The number of alkyl halides is 1. The normalized spacial score (nSPS) is 31.0. The van der Waals surface area contributed by atoms with Crippen LogP contribution in [0.4, 0.5) is 0 Å². The zero-order valence-corrected chi connectivity index (χ0v) is 8.92. The van der Waals surface area contributed by atoms with Gasteiger partial charge in [-0.15, -0.1) is 0 Å². The molecule has 0 N–H and O–H groups in total. The van der Waals surface area contributed by atoms with E-state index in [0.29, 0.717) is 6.54 Å². The highest BCUT2D eigenvalue weighted by Crippen LogP contribution is 2.46. The number of imide groups is 1. The predicted octanol–water partition coefficient (Wildman–Crippen LogP) is 1.17. The molecule has 1 aliphatic carbocycles. The minimum absolute atomic E-state index is 0.0662. The molecule has 0 aromatic rings. The third-order valence-electron chi connectivity index (χ3n) is 2.72. The number of carbonyl (C=O) groups excluding carboxylic acids is 2. The van der Waals surface area contributed by atoms with Gasteiger partial charge >= 0.3 is 0 Å². The third-order valence-corrected chi connectivity index (χ3v) is 3.28. The van der Waals surface area contributed by atoms with Crippen LogP contribution in [0, 0.1) is 11.8 Å². The molecule has 0 radical (unpaired) electrons. The number of nitrogens with zero attached hydrogens (tertiary/aromatic N) is 1. The van der Waals surface area contributed by atoms with Gasteiger partial charge in [-0.05, 0) is 19.3 Å². The van der Waals surface area contributed by atoms with E-state index in [2.05, 4.69) is 15.9 Å². The lowest BCUT2D eigenvalue weighted by molar-refractivity contribution is -0.141. The highest BCUT2D eigenvalue weighted by molar-refractivity contribution is 9.09. The van der Waals surface area contributed by atoms with Gasteiger partial charge in [0.05, 0.1) is 11.8 Å². The van der Waals surface area contributed by atoms with Gasteiger partial charge in [0.25, 0.3) is 0 Å². The van der Waals surface area contributed by atoms with E-state index in [1.165, 1.54) is 4.90 Å². The van der Waals surface area contributed by atoms with E-state index in [1.54, 1.807) is 0 Å². The van der Waals surface area contributed by atoms with Gasteiger partial charge in [-0.1, -0.05) is 15.9 Å². The molecule has 0 bridgehead atoms. The fourth-order valence-corrected chi connectivity index (χ4v) is 2.23. The number of carbonyl (C=O) groups is 2. The summed E-state index contributed by atoms with van der Waals surface area (Å²) in [5.41, 5.74) is 0. The fraction of sp³-hybridized carbons (Fsp3) is 0.778. The molecule has 3 nitrogen and oxygen atoms in total. The number of fused-ring (bicyclic) bond motifs is 1. The van der Waals surface area contributed by atoms with Gasteiger partial charge in [-0.25, -0.2) is 0 Å². The van der Waals surface area contributed by atoms with Gasteiger partial charge in [0.15, 0.2) is 0 Å². The second-order valence-electron chi connectivity index (χ2n) is 3.67. The Morgan fingerprint density at radius 2 is 1.85 bits per heavy atom. The SMILES string of the molecule is O=C1C2CC2C(=O)N1CCCCBr. The van der Waals surface area contributed by atoms with Crippen LogP contribution in [-0.4, -0.2) is 28.6 Å². The summed E-state index contributed by atoms with van der Waals surface area (Å²) in [5, 5.41) is 0.941. The Kier molecular flexibility index (Phi) is 2.41. The second-order valence-corrected chi connectivity index (χ2v) is 4.47. The largest absolute Gasteiger partial charge is 0.282 e. The zero-order valence-electron chi connectivity index (χ0n) is 7.33. The van der Waals surface area contributed by atoms with Crippen molar-refractivity contribution in [2.75, 3.05) is 11.9 Å². The smallest absolute Gasteiger partial charge is 0.233 e. The molecule has 1 saturated carbocycles. The van der Waals surface area contributed by atoms with Crippen molar-refractivity contribution in [3.63, 3.8) is 0 Å². The number of hydrogen-bond donors (Lipinski definition) is 0. The topological polar surface area (TPSA) is 37.4 Å². The molecule has 72 valence electrons. The number of rotatable bonds is 4. The average Bonchev–Trinajstić information content (AvgIpc) is 2.85. The molecule has 2 rings (SSSR count). The quantitative estimate of drug-likeness (QED) is 0.424. The Bertz CT molecular complexity index is 234. The number of unbranched alkanes of at least 4 members (excludes halogenated alkanes) is 1. The molecule has 1 saturated heterocycles. The van der Waals surface area contributed by atoms with E-state index < -0.39 is 0 Å². The molecule has 2 atom stereocenters. The van der Waals surface area contributed by atoms with Gasteiger partial charge in [0, 0.05) is 11.9 Å². The maximum Gasteiger partial charge on any atom is 0.233 e. The first-order chi connectivity index (χ1) is 6.25. The van der Waals surface area contributed by atoms with Crippen molar-refractivity contribution >= 4 is 27.7 Å². The molecular formula is C9H12BrNO2. The molecule has 0 spiro atoms. The molecular weight excluding hydrogens is 234 g/mol. The van der Waals surface area contributed by atoms with Crippen LogP contribution in [0.2, 0.25) is 0 Å². The van der Waals surface area contributed by atoms with E-state index in [-0.39, 0.29) is 23.7 Å². The minimum Gasteiger partial charge on any atom is -0.282 e. The van der Waals surface area contributed by atoms with Gasteiger partial charge in [0.1, 0.15) is 0 Å². The van der Waals surface area contributed by atoms with Crippen LogP contribution in [0.3, 0.4) is 0 Å². The number of likely N-dealkylation sites (tertiary alicyclic amines) is 1. The standard InChI is InChI=1S/C9H12BrNO2/c10-3-1-2-4-11-8(12)6-5-7(6)9(11)13/h6-7H,1-5H2. The highest BCUT2D eigenvalue weighted by atomic mass is 79.9. The summed E-state index contributed by atoms with van der Waals surface area (Å²) >= 11 is 3.32. The number of piperidine rings is 1. The lowest BCUT2D eigenvalue weighted by atomic mass is 10.3. The summed E-state index contributed by atoms with van der Waals surface area (Å²) in [6.45, 7) is 0.621. The number of halogens is 1. The molecule has 2 aliphatic rings. The first kappa shape index (κ1) is 9.19. The summed E-state index contributed by atoms with van der Waals surface area (Å²) in [6, 6.07) is 0. The Hall–Kier alpha value is -0.380. The molecule has 0 aromatic carbocycles. The Morgan fingerprint density at radius 3 is 2.38 bits per heavy atom. The number of amides is 2. The van der Waals surface area contributed by atoms with E-state index >= 15 is 0 Å². The van der Waals surface area contributed by atoms with Crippen LogP contribution in [0.25, 0.3) is 0 Å². The summed E-state index contributed by atoms with van der Waals surface area (Å²) < 4.78 is 0. The molecule has 1 heterocycles. The maximum absolute atomic E-state index is 11.4. The Labute approximate surface area is 85.6 Å². The van der Waals surface area contributed by atoms with Crippen molar-refractivity contribution in [1.29, 1.82) is 0 Å². The van der Waals surface area contributed by atoms with Crippen LogP contribution < -0.4 is 0 Å². The van der Waals surface area contributed by atoms with Crippen LogP contribution in [0.5, 0.6) is 0 Å². The average molecular weight is 246 g/mol. The van der Waals surface area contributed by atoms with Crippen molar-refractivity contribution < 1.29 is 9.59 Å². The zero-order chi connectivity index (χ0) is 9.42. The maximum atomic E-state index is 11.4. The van der Waals surface area contributed by atoms with Crippen LogP contribution in [-0.2, 0) is 9.59 Å². The van der Waals surface area contributed by atoms with Gasteiger partial charge in [-0.2, -0.15) is 0 Å². The Morgan fingerprint density at radius 1 is 1.23 bits per heavy atom. The number of hydrogen-bond acceptors (Lipinski definition) is 2. The molecule has 4 heteroatoms. The molecule has 2 unspecified atom stereocenters. The van der Waals surface area contributed by atoms with E-state index in [0.717, 1.165) is 24.6 Å². The predicted molar refractivity (Wildman–Crippen MR) is 51.3 cm³/mol. The van der Waals surface area contributed by atoms with Crippen molar-refractivity contribution in [1.82, 2.24) is 4.90 Å². The fourth-order valence-electron chi connectivity index (χ4n) is 1.83. The van der Waals surface area contributed by atoms with Crippen LogP contribution in [0.1, 0.15) is 19.3 Å². The first-order valence-electron chi connectivity index (χ1n) is 4.67. The van der Waals surface area contributed by atoms with Crippen LogP contribution in [0.15, 0.2) is 0 Å². The van der Waals surface area contributed by atoms with E-state index in [4.69, 9.17) is 0 Å². The Balaban J connectivity index is 1.86. The van der Waals surface area contributed by atoms with E-state index in [9.17, 15) is 9.59 Å². The van der Waals surface area contributed by atoms with Crippen molar-refractivity contribution in [3.8, 4) is 0 Å². The summed E-state index contributed by atoms with van der Waals surface area (Å²) in [7, 11) is 0. The van der Waals surface area contributed by atoms with Crippen molar-refractivity contribution in [2.24, 2.45) is 11.8 Å². The lowest BCUT2D eigenvalue weighted by Gasteiger charge is -2.15. The molecule has 2 fully saturated rings. The van der Waals surface area contributed by atoms with Gasteiger partial charge in [0.2, 0.25) is 11.8 Å². The van der Waals surface area contributed by atoms with Gasteiger partial charge in [-0.3, -0.25) is 14.5 Å². The lowest BCUT2D eigenvalue weighted by Crippen LogP contribution is -2.33. The summed E-state index contributed by atoms with van der Waals surface area (Å²) in [6.07, 6.45) is 2.75.